The number of hydrogen-bond acceptors (Lipinski definition) is 5. The molecule has 2 atom stereocenters. The number of benzene rings is 2. The van der Waals surface area contributed by atoms with Crippen LogP contribution in [-0.4, -0.2) is 31.9 Å². The van der Waals surface area contributed by atoms with Crippen molar-refractivity contribution in [2.24, 2.45) is 0 Å². The fourth-order valence-corrected chi connectivity index (χ4v) is 4.23. The summed E-state index contributed by atoms with van der Waals surface area (Å²) in [5.74, 6) is 1.55. The zero-order valence-corrected chi connectivity index (χ0v) is 17.0. The average Bonchev–Trinajstić information content (AvgIpc) is 3.24. The van der Waals surface area contributed by atoms with Gasteiger partial charge >= 0.3 is 0 Å². The highest BCUT2D eigenvalue weighted by molar-refractivity contribution is 6.08. The summed E-state index contributed by atoms with van der Waals surface area (Å²) in [7, 11) is 0. The second-order valence-electron chi connectivity index (χ2n) is 7.97. The lowest BCUT2D eigenvalue weighted by Gasteiger charge is -2.27. The Hall–Kier alpha value is -3.51. The molecule has 1 saturated carbocycles. The summed E-state index contributed by atoms with van der Waals surface area (Å²) in [5.41, 5.74) is 3.15. The summed E-state index contributed by atoms with van der Waals surface area (Å²) in [4.78, 5) is 24.7. The molecule has 0 aliphatic heterocycles. The monoisotopic (exact) mass is 413 g/mol. The van der Waals surface area contributed by atoms with Crippen molar-refractivity contribution in [2.45, 2.75) is 37.7 Å². The van der Waals surface area contributed by atoms with Crippen molar-refractivity contribution in [2.75, 3.05) is 0 Å². The van der Waals surface area contributed by atoms with E-state index >= 15 is 0 Å². The quantitative estimate of drug-likeness (QED) is 0.450. The number of aromatic amines is 1. The number of nitrogens with one attached hydrogen (secondary N) is 1. The third-order valence-corrected chi connectivity index (χ3v) is 5.82. The zero-order chi connectivity index (χ0) is 21.2. The molecule has 2 N–H and O–H groups in total. The third-order valence-electron chi connectivity index (χ3n) is 5.82. The highest BCUT2D eigenvalue weighted by Gasteiger charge is 2.25. The molecule has 31 heavy (non-hydrogen) atoms. The fraction of sp³-hybridized carbons (Fsp3) is 0.240. The molecule has 156 valence electrons. The van der Waals surface area contributed by atoms with Crippen molar-refractivity contribution in [3.8, 4) is 11.6 Å². The molecule has 6 nitrogen and oxygen atoms in total. The smallest absolute Gasteiger partial charge is 0.228 e. The zero-order valence-electron chi connectivity index (χ0n) is 17.0. The standard InChI is InChI=1S/C25H23N3O3/c29-18-6-3-5-17(15-18)20-7-4-14-26-25(20)31-19-12-10-16(11-13-19)23(30)24-27-21-8-1-2-9-22(21)28-24/h1-2,4,7-14,17-18,29H,3,5-6,15H2,(H,27,28)/t17?,18-/m1/s1. The first-order chi connectivity index (χ1) is 15.2. The van der Waals surface area contributed by atoms with Gasteiger partial charge in [-0.15, -0.1) is 0 Å². The fourth-order valence-electron chi connectivity index (χ4n) is 4.23. The highest BCUT2D eigenvalue weighted by atomic mass is 16.5. The Bertz CT molecular complexity index is 1180. The number of fused-ring (bicyclic) bond motifs is 1. The number of carbonyl (C=O) groups is 1. The second-order valence-corrected chi connectivity index (χ2v) is 7.97. The Labute approximate surface area is 179 Å². The maximum absolute atomic E-state index is 12.8. The maximum atomic E-state index is 12.8. The van der Waals surface area contributed by atoms with Crippen LogP contribution in [-0.2, 0) is 0 Å². The van der Waals surface area contributed by atoms with E-state index < -0.39 is 0 Å². The summed E-state index contributed by atoms with van der Waals surface area (Å²) >= 11 is 0. The predicted octanol–water partition coefficient (Wildman–Crippen LogP) is 5.00. The van der Waals surface area contributed by atoms with E-state index in [1.54, 1.807) is 30.5 Å². The molecule has 1 aliphatic carbocycles. The first-order valence-electron chi connectivity index (χ1n) is 10.6. The maximum Gasteiger partial charge on any atom is 0.228 e. The van der Waals surface area contributed by atoms with E-state index in [-0.39, 0.29) is 17.8 Å². The lowest BCUT2D eigenvalue weighted by atomic mass is 9.83. The number of pyridine rings is 1. The van der Waals surface area contributed by atoms with Crippen LogP contribution < -0.4 is 4.74 Å². The third kappa shape index (κ3) is 4.07. The number of ether oxygens (including phenoxy) is 1. The van der Waals surface area contributed by atoms with Crippen molar-refractivity contribution >= 4 is 16.8 Å². The number of nitrogens with zero attached hydrogens (tertiary/aromatic N) is 2. The van der Waals surface area contributed by atoms with Crippen LogP contribution in [0.4, 0.5) is 0 Å². The van der Waals surface area contributed by atoms with Crippen LogP contribution in [0, 0.1) is 0 Å². The number of H-pyrrole nitrogens is 1. The van der Waals surface area contributed by atoms with E-state index in [0.717, 1.165) is 42.3 Å². The number of aromatic nitrogens is 3. The molecule has 0 bridgehead atoms. The first kappa shape index (κ1) is 19.5. The van der Waals surface area contributed by atoms with E-state index in [2.05, 4.69) is 15.0 Å². The van der Waals surface area contributed by atoms with Crippen LogP contribution in [0.15, 0.2) is 66.9 Å². The molecule has 0 amide bonds. The molecule has 0 radical (unpaired) electrons. The topological polar surface area (TPSA) is 88.1 Å². The van der Waals surface area contributed by atoms with E-state index in [0.29, 0.717) is 23.0 Å². The normalized spacial score (nSPS) is 18.7. The molecule has 2 aromatic carbocycles. The minimum Gasteiger partial charge on any atom is -0.439 e. The molecule has 5 rings (SSSR count). The molecule has 2 aromatic heterocycles. The Kier molecular flexibility index (Phi) is 5.22. The number of imidazole rings is 1. The summed E-state index contributed by atoms with van der Waals surface area (Å²) in [6.07, 6.45) is 5.04. The SMILES string of the molecule is O=C(c1ccc(Oc2ncccc2C2CCC[C@@H](O)C2)cc1)c1nc2ccccc2[nH]1. The number of aliphatic hydroxyl groups excluding tert-OH is 1. The van der Waals surface area contributed by atoms with Gasteiger partial charge < -0.3 is 14.8 Å². The molecule has 0 spiro atoms. The van der Waals surface area contributed by atoms with Crippen LogP contribution >= 0.6 is 0 Å². The van der Waals surface area contributed by atoms with Crippen molar-refractivity contribution in [3.05, 3.63) is 83.8 Å². The van der Waals surface area contributed by atoms with Crippen LogP contribution in [0.2, 0.25) is 0 Å². The van der Waals surface area contributed by atoms with Gasteiger partial charge in [0, 0.05) is 17.3 Å². The van der Waals surface area contributed by atoms with Gasteiger partial charge in [-0.05, 0) is 67.6 Å². The van der Waals surface area contributed by atoms with Crippen LogP contribution in [0.3, 0.4) is 0 Å². The van der Waals surface area contributed by atoms with Crippen molar-refractivity contribution < 1.29 is 14.6 Å². The lowest BCUT2D eigenvalue weighted by molar-refractivity contribution is 0.103. The number of ketones is 1. The summed E-state index contributed by atoms with van der Waals surface area (Å²) in [6.45, 7) is 0. The van der Waals surface area contributed by atoms with Crippen molar-refractivity contribution in [3.63, 3.8) is 0 Å². The second kappa shape index (κ2) is 8.32. The number of rotatable bonds is 5. The number of carbonyl (C=O) groups excluding carboxylic acids is 1. The minimum atomic E-state index is -0.268. The van der Waals surface area contributed by atoms with Gasteiger partial charge in [0.25, 0.3) is 0 Å². The average molecular weight is 413 g/mol. The van der Waals surface area contributed by atoms with Crippen LogP contribution in [0.5, 0.6) is 11.6 Å². The van der Waals surface area contributed by atoms with Gasteiger partial charge in [-0.1, -0.05) is 24.6 Å². The largest absolute Gasteiger partial charge is 0.439 e. The van der Waals surface area contributed by atoms with Gasteiger partial charge in [-0.3, -0.25) is 4.79 Å². The Balaban J connectivity index is 1.34. The van der Waals surface area contributed by atoms with Gasteiger partial charge in [0.15, 0.2) is 5.82 Å². The Morgan fingerprint density at radius 2 is 1.87 bits per heavy atom. The molecule has 2 heterocycles. The van der Waals surface area contributed by atoms with Gasteiger partial charge in [0.1, 0.15) is 5.75 Å². The molecule has 1 unspecified atom stereocenters. The van der Waals surface area contributed by atoms with Crippen molar-refractivity contribution in [1.29, 1.82) is 0 Å². The molecular weight excluding hydrogens is 390 g/mol. The van der Waals surface area contributed by atoms with E-state index in [1.807, 2.05) is 36.4 Å². The molecule has 1 fully saturated rings. The molecule has 0 saturated heterocycles. The molecular formula is C25H23N3O3. The number of hydrogen-bond donors (Lipinski definition) is 2. The van der Waals surface area contributed by atoms with Gasteiger partial charge in [0.05, 0.1) is 17.1 Å². The minimum absolute atomic E-state index is 0.169. The molecule has 4 aromatic rings. The highest BCUT2D eigenvalue weighted by Crippen LogP contribution is 2.38. The molecule has 1 aliphatic rings. The Morgan fingerprint density at radius 1 is 1.03 bits per heavy atom. The van der Waals surface area contributed by atoms with E-state index in [4.69, 9.17) is 4.74 Å². The van der Waals surface area contributed by atoms with Gasteiger partial charge in [-0.25, -0.2) is 9.97 Å². The number of aliphatic hydroxyl groups is 1. The molecule has 6 heteroatoms. The van der Waals surface area contributed by atoms with Crippen LogP contribution in [0.25, 0.3) is 11.0 Å². The first-order valence-corrected chi connectivity index (χ1v) is 10.6. The van der Waals surface area contributed by atoms with Gasteiger partial charge in [0.2, 0.25) is 11.7 Å². The van der Waals surface area contributed by atoms with E-state index in [1.165, 1.54) is 0 Å². The number of para-hydroxylation sites is 2. The summed E-state index contributed by atoms with van der Waals surface area (Å²) in [5, 5.41) is 10.0. The van der Waals surface area contributed by atoms with Gasteiger partial charge in [-0.2, -0.15) is 0 Å². The van der Waals surface area contributed by atoms with Crippen molar-refractivity contribution in [1.82, 2.24) is 15.0 Å². The van der Waals surface area contributed by atoms with Crippen LogP contribution in [0.1, 0.15) is 53.3 Å². The Morgan fingerprint density at radius 3 is 2.68 bits per heavy atom. The predicted molar refractivity (Wildman–Crippen MR) is 117 cm³/mol. The summed E-state index contributed by atoms with van der Waals surface area (Å²) < 4.78 is 6.06. The van der Waals surface area contributed by atoms with E-state index in [9.17, 15) is 9.90 Å². The lowest BCUT2D eigenvalue weighted by Crippen LogP contribution is -2.18. The summed E-state index contributed by atoms with van der Waals surface area (Å²) in [6, 6.07) is 18.5.